The summed E-state index contributed by atoms with van der Waals surface area (Å²) >= 11 is 5.74. The molecule has 0 bridgehead atoms. The molecule has 6 nitrogen and oxygen atoms in total. The summed E-state index contributed by atoms with van der Waals surface area (Å²) in [4.78, 5) is 26.8. The van der Waals surface area contributed by atoms with Crippen molar-refractivity contribution in [2.45, 2.75) is 6.54 Å². The molecule has 0 atom stereocenters. The number of aromatic carboxylic acids is 1. The standard InChI is InChI=1S/C14H12ClN3O3/c15-10-1-2-12(11(7-10)13(19)20)18-14(21)17-8-9-3-5-16-6-4-9/h1-7H,8H2,(H,19,20)(H2,17,18,21). The lowest BCUT2D eigenvalue weighted by Crippen LogP contribution is -2.28. The van der Waals surface area contributed by atoms with E-state index in [0.717, 1.165) is 5.56 Å². The molecule has 21 heavy (non-hydrogen) atoms. The molecular weight excluding hydrogens is 294 g/mol. The maximum Gasteiger partial charge on any atom is 0.337 e. The number of nitrogens with one attached hydrogen (secondary N) is 2. The van der Waals surface area contributed by atoms with Crippen molar-refractivity contribution in [3.8, 4) is 0 Å². The van der Waals surface area contributed by atoms with Crippen molar-refractivity contribution in [3.63, 3.8) is 0 Å². The van der Waals surface area contributed by atoms with Gasteiger partial charge in [0.15, 0.2) is 0 Å². The molecule has 1 heterocycles. The number of rotatable bonds is 4. The monoisotopic (exact) mass is 305 g/mol. The van der Waals surface area contributed by atoms with Gasteiger partial charge in [0.25, 0.3) is 0 Å². The summed E-state index contributed by atoms with van der Waals surface area (Å²) in [6, 6.07) is 7.26. The number of halogens is 1. The van der Waals surface area contributed by atoms with E-state index in [1.807, 2.05) is 0 Å². The van der Waals surface area contributed by atoms with Crippen molar-refractivity contribution in [2.75, 3.05) is 5.32 Å². The van der Waals surface area contributed by atoms with Crippen LogP contribution >= 0.6 is 11.6 Å². The summed E-state index contributed by atoms with van der Waals surface area (Å²) in [5.74, 6) is -1.16. The normalized spacial score (nSPS) is 9.95. The van der Waals surface area contributed by atoms with Gasteiger partial charge in [-0.1, -0.05) is 11.6 Å². The summed E-state index contributed by atoms with van der Waals surface area (Å²) in [7, 11) is 0. The van der Waals surface area contributed by atoms with Crippen LogP contribution in [0.1, 0.15) is 15.9 Å². The summed E-state index contributed by atoms with van der Waals surface area (Å²) in [6.07, 6.45) is 3.24. The SMILES string of the molecule is O=C(NCc1ccncc1)Nc1ccc(Cl)cc1C(=O)O. The second kappa shape index (κ2) is 6.71. The van der Waals surface area contributed by atoms with Crippen LogP contribution in [0.3, 0.4) is 0 Å². The van der Waals surface area contributed by atoms with Crippen LogP contribution in [0.4, 0.5) is 10.5 Å². The lowest BCUT2D eigenvalue weighted by molar-refractivity contribution is 0.0698. The van der Waals surface area contributed by atoms with Crippen molar-refractivity contribution in [1.29, 1.82) is 0 Å². The second-order valence-corrected chi connectivity index (χ2v) is 4.59. The number of carbonyl (C=O) groups is 2. The van der Waals surface area contributed by atoms with Gasteiger partial charge >= 0.3 is 12.0 Å². The Kier molecular flexibility index (Phi) is 4.73. The van der Waals surface area contributed by atoms with E-state index in [1.165, 1.54) is 18.2 Å². The van der Waals surface area contributed by atoms with Crippen LogP contribution in [0.5, 0.6) is 0 Å². The number of amides is 2. The van der Waals surface area contributed by atoms with Crippen molar-refractivity contribution in [1.82, 2.24) is 10.3 Å². The molecule has 0 radical (unpaired) electrons. The molecule has 2 aromatic rings. The molecule has 1 aromatic heterocycles. The number of nitrogens with zero attached hydrogens (tertiary/aromatic N) is 1. The fraction of sp³-hybridized carbons (Fsp3) is 0.0714. The largest absolute Gasteiger partial charge is 0.478 e. The minimum atomic E-state index is -1.16. The second-order valence-electron chi connectivity index (χ2n) is 4.16. The molecule has 0 saturated heterocycles. The molecule has 1 aromatic carbocycles. The quantitative estimate of drug-likeness (QED) is 0.810. The summed E-state index contributed by atoms with van der Waals surface area (Å²) in [6.45, 7) is 0.310. The molecule has 108 valence electrons. The number of hydrogen-bond acceptors (Lipinski definition) is 3. The van der Waals surface area contributed by atoms with Gasteiger partial charge in [-0.3, -0.25) is 4.98 Å². The van der Waals surface area contributed by atoms with E-state index in [4.69, 9.17) is 16.7 Å². The smallest absolute Gasteiger partial charge is 0.337 e. The van der Waals surface area contributed by atoms with Crippen LogP contribution in [0.2, 0.25) is 5.02 Å². The van der Waals surface area contributed by atoms with Crippen LogP contribution in [0.15, 0.2) is 42.7 Å². The third kappa shape index (κ3) is 4.19. The van der Waals surface area contributed by atoms with Crippen molar-refractivity contribution in [3.05, 3.63) is 58.9 Å². The van der Waals surface area contributed by atoms with E-state index in [2.05, 4.69) is 15.6 Å². The molecule has 3 N–H and O–H groups in total. The van der Waals surface area contributed by atoms with E-state index in [0.29, 0.717) is 6.54 Å². The number of anilines is 1. The Labute approximate surface area is 125 Å². The minimum Gasteiger partial charge on any atom is -0.478 e. The summed E-state index contributed by atoms with van der Waals surface area (Å²) in [5, 5.41) is 14.5. The van der Waals surface area contributed by atoms with Crippen molar-refractivity contribution >= 4 is 29.3 Å². The Balaban J connectivity index is 2.01. The molecule has 0 fully saturated rings. The first kappa shape index (κ1) is 14.8. The zero-order valence-electron chi connectivity index (χ0n) is 10.8. The average molecular weight is 306 g/mol. The Morgan fingerprint density at radius 2 is 1.90 bits per heavy atom. The van der Waals surface area contributed by atoms with Crippen molar-refractivity contribution < 1.29 is 14.7 Å². The Morgan fingerprint density at radius 3 is 2.57 bits per heavy atom. The molecule has 0 unspecified atom stereocenters. The Hall–Kier alpha value is -2.60. The average Bonchev–Trinajstić information content (AvgIpc) is 2.48. The highest BCUT2D eigenvalue weighted by atomic mass is 35.5. The van der Waals surface area contributed by atoms with Gasteiger partial charge < -0.3 is 15.7 Å². The molecule has 0 saturated carbocycles. The highest BCUT2D eigenvalue weighted by Gasteiger charge is 2.12. The maximum atomic E-state index is 11.8. The summed E-state index contributed by atoms with van der Waals surface area (Å²) in [5.41, 5.74) is 0.996. The molecule has 0 aliphatic rings. The summed E-state index contributed by atoms with van der Waals surface area (Å²) < 4.78 is 0. The predicted octanol–water partition coefficient (Wildman–Crippen LogP) is 2.75. The first-order chi connectivity index (χ1) is 10.1. The van der Waals surface area contributed by atoms with Crippen LogP contribution in [0.25, 0.3) is 0 Å². The fourth-order valence-electron chi connectivity index (χ4n) is 1.65. The van der Waals surface area contributed by atoms with Gasteiger partial charge in [0, 0.05) is 24.0 Å². The van der Waals surface area contributed by atoms with E-state index in [1.54, 1.807) is 24.5 Å². The fourth-order valence-corrected chi connectivity index (χ4v) is 1.82. The highest BCUT2D eigenvalue weighted by molar-refractivity contribution is 6.31. The molecule has 2 amide bonds. The number of benzene rings is 1. The topological polar surface area (TPSA) is 91.3 Å². The number of aromatic nitrogens is 1. The molecule has 0 aliphatic carbocycles. The van der Waals surface area contributed by atoms with E-state index in [9.17, 15) is 9.59 Å². The highest BCUT2D eigenvalue weighted by Crippen LogP contribution is 2.20. The van der Waals surface area contributed by atoms with Gasteiger partial charge in [-0.2, -0.15) is 0 Å². The van der Waals surface area contributed by atoms with Gasteiger partial charge in [0.1, 0.15) is 0 Å². The van der Waals surface area contributed by atoms with Gasteiger partial charge in [0.2, 0.25) is 0 Å². The number of urea groups is 1. The minimum absolute atomic E-state index is 0.0680. The first-order valence-corrected chi connectivity index (χ1v) is 6.40. The molecule has 2 rings (SSSR count). The Morgan fingerprint density at radius 1 is 1.19 bits per heavy atom. The maximum absolute atomic E-state index is 11.8. The third-order valence-corrected chi connectivity index (χ3v) is 2.90. The number of hydrogen-bond donors (Lipinski definition) is 3. The third-order valence-electron chi connectivity index (χ3n) is 2.66. The zero-order chi connectivity index (χ0) is 15.2. The number of carboxylic acids is 1. The molecule has 0 spiro atoms. The lowest BCUT2D eigenvalue weighted by Gasteiger charge is -2.10. The number of pyridine rings is 1. The predicted molar refractivity (Wildman–Crippen MR) is 78.5 cm³/mol. The molecule has 0 aliphatic heterocycles. The molecule has 7 heteroatoms. The molecular formula is C14H12ClN3O3. The van der Waals surface area contributed by atoms with Gasteiger partial charge in [0.05, 0.1) is 11.3 Å². The van der Waals surface area contributed by atoms with Gasteiger partial charge in [-0.05, 0) is 35.9 Å². The van der Waals surface area contributed by atoms with E-state index < -0.39 is 12.0 Å². The van der Waals surface area contributed by atoms with Gasteiger partial charge in [-0.25, -0.2) is 9.59 Å². The van der Waals surface area contributed by atoms with Gasteiger partial charge in [-0.15, -0.1) is 0 Å². The van der Waals surface area contributed by atoms with Crippen molar-refractivity contribution in [2.24, 2.45) is 0 Å². The number of carboxylic acid groups (broad SMARTS) is 1. The van der Waals surface area contributed by atoms with Crippen LogP contribution in [-0.4, -0.2) is 22.1 Å². The number of carbonyl (C=O) groups excluding carboxylic acids is 1. The van der Waals surface area contributed by atoms with E-state index in [-0.39, 0.29) is 16.3 Å². The van der Waals surface area contributed by atoms with E-state index >= 15 is 0 Å². The van der Waals surface area contributed by atoms with Crippen LogP contribution in [-0.2, 0) is 6.54 Å². The lowest BCUT2D eigenvalue weighted by atomic mass is 10.2. The Bertz CT molecular complexity index is 662. The van der Waals surface area contributed by atoms with Crippen LogP contribution < -0.4 is 10.6 Å². The zero-order valence-corrected chi connectivity index (χ0v) is 11.6. The first-order valence-electron chi connectivity index (χ1n) is 6.03. The van der Waals surface area contributed by atoms with Crippen LogP contribution in [0, 0.1) is 0 Å².